The predicted octanol–water partition coefficient (Wildman–Crippen LogP) is 1.57. The third-order valence-electron chi connectivity index (χ3n) is 4.08. The number of carbonyl (C=O) groups is 2. The van der Waals surface area contributed by atoms with Crippen LogP contribution in [0.3, 0.4) is 0 Å². The second kappa shape index (κ2) is 8.63. The number of imidazole rings is 1. The minimum atomic E-state index is -1.09. The quantitative estimate of drug-likeness (QED) is 0.468. The fraction of sp³-hybridized carbons (Fsp3) is 0.158. The van der Waals surface area contributed by atoms with Crippen molar-refractivity contribution in [2.45, 2.75) is 12.0 Å². The van der Waals surface area contributed by atoms with Crippen molar-refractivity contribution in [3.05, 3.63) is 48.2 Å². The van der Waals surface area contributed by atoms with Crippen molar-refractivity contribution in [2.24, 2.45) is 0 Å². The Hall–Kier alpha value is -3.25. The maximum atomic E-state index is 11.9. The van der Waals surface area contributed by atoms with Crippen LogP contribution in [-0.2, 0) is 9.59 Å². The lowest BCUT2D eigenvalue weighted by molar-refractivity contribution is -0.137. The highest BCUT2D eigenvalue weighted by Gasteiger charge is 2.16. The molecule has 0 atom stereocenters. The van der Waals surface area contributed by atoms with Gasteiger partial charge in [-0.05, 0) is 17.7 Å². The molecule has 1 radical (unpaired) electrons. The smallest absolute Gasteiger partial charge is 0.322 e. The molecule has 139 valence electrons. The van der Waals surface area contributed by atoms with Crippen molar-refractivity contribution in [1.29, 1.82) is 5.26 Å². The highest BCUT2D eigenvalue weighted by atomic mass is 32.2. The molecule has 0 aliphatic heterocycles. The lowest BCUT2D eigenvalue weighted by Crippen LogP contribution is -2.30. The molecule has 0 saturated heterocycles. The lowest BCUT2D eigenvalue weighted by atomic mass is 9.78. The van der Waals surface area contributed by atoms with E-state index in [0.29, 0.717) is 10.7 Å². The largest absolute Gasteiger partial charge is 0.480 e. The zero-order chi connectivity index (χ0) is 20.1. The molecule has 0 unspecified atom stereocenters. The first-order chi connectivity index (χ1) is 13.5. The number of fused-ring (bicyclic) bond motifs is 1. The number of thioether (sulfide) groups is 1. The van der Waals surface area contributed by atoms with Crippen LogP contribution in [0.2, 0.25) is 6.82 Å². The van der Waals surface area contributed by atoms with E-state index in [2.05, 4.69) is 16.4 Å². The zero-order valence-electron chi connectivity index (χ0n) is 15.0. The lowest BCUT2D eigenvalue weighted by Gasteiger charge is -2.14. The van der Waals surface area contributed by atoms with Crippen molar-refractivity contribution in [3.8, 4) is 11.8 Å². The summed E-state index contributed by atoms with van der Waals surface area (Å²) in [5.74, 6) is -1.43. The molecule has 0 fully saturated rings. The number of nitriles is 1. The van der Waals surface area contributed by atoms with Crippen LogP contribution >= 0.6 is 11.8 Å². The molecule has 7 nitrogen and oxygen atoms in total. The average molecular weight is 391 g/mol. The summed E-state index contributed by atoms with van der Waals surface area (Å²) >= 11 is 1.22. The van der Waals surface area contributed by atoms with E-state index in [0.717, 1.165) is 22.1 Å². The van der Waals surface area contributed by atoms with E-state index in [9.17, 15) is 14.9 Å². The van der Waals surface area contributed by atoms with Gasteiger partial charge >= 0.3 is 5.97 Å². The summed E-state index contributed by atoms with van der Waals surface area (Å²) in [7, 11) is 1.91. The summed E-state index contributed by atoms with van der Waals surface area (Å²) in [5, 5.41) is 22.7. The first-order valence-corrected chi connectivity index (χ1v) is 9.44. The van der Waals surface area contributed by atoms with Gasteiger partial charge in [-0.25, -0.2) is 4.98 Å². The van der Waals surface area contributed by atoms with Crippen molar-refractivity contribution >= 4 is 47.3 Å². The van der Waals surface area contributed by atoms with Crippen LogP contribution in [0.15, 0.2) is 47.8 Å². The fourth-order valence-electron chi connectivity index (χ4n) is 2.83. The van der Waals surface area contributed by atoms with Gasteiger partial charge in [0.25, 0.3) is 0 Å². The Kier molecular flexibility index (Phi) is 6.01. The Labute approximate surface area is 166 Å². The normalized spacial score (nSPS) is 10.4. The molecule has 0 bridgehead atoms. The van der Waals surface area contributed by atoms with Gasteiger partial charge in [0.05, 0.1) is 23.1 Å². The summed E-state index contributed by atoms with van der Waals surface area (Å²) in [4.78, 5) is 26.8. The fourth-order valence-corrected chi connectivity index (χ4v) is 3.65. The summed E-state index contributed by atoms with van der Waals surface area (Å²) < 4.78 is 1.93. The minimum absolute atomic E-state index is 0.0433. The first kappa shape index (κ1) is 19.5. The summed E-state index contributed by atoms with van der Waals surface area (Å²) in [6, 6.07) is 13.5. The van der Waals surface area contributed by atoms with E-state index >= 15 is 0 Å². The van der Waals surface area contributed by atoms with E-state index in [-0.39, 0.29) is 11.7 Å². The SMILES string of the molecule is C[B]c1cnc(SCC(=O)NCC(=O)O)n1-c1ccc(C#N)c2ccccc12. The maximum absolute atomic E-state index is 11.9. The number of nitrogens with zero attached hydrogens (tertiary/aromatic N) is 3. The van der Waals surface area contributed by atoms with Crippen LogP contribution in [0.4, 0.5) is 0 Å². The van der Waals surface area contributed by atoms with Gasteiger partial charge in [0.2, 0.25) is 5.91 Å². The predicted molar refractivity (Wildman–Crippen MR) is 108 cm³/mol. The maximum Gasteiger partial charge on any atom is 0.322 e. The molecule has 2 N–H and O–H groups in total. The Morgan fingerprint density at radius 1 is 1.29 bits per heavy atom. The second-order valence-electron chi connectivity index (χ2n) is 5.84. The molecule has 0 aliphatic carbocycles. The molecule has 0 spiro atoms. The van der Waals surface area contributed by atoms with Crippen LogP contribution in [-0.4, -0.2) is 46.1 Å². The molecule has 3 rings (SSSR count). The standard InChI is InChI=1S/C19H16BN4O3S/c1-20-16-9-23-19(28-11-17(25)22-10-18(26)27)24(16)15-7-6-12(8-21)13-4-2-3-5-14(13)15/h2-7,9H,10-11H2,1H3,(H,22,25)(H,26,27). The van der Waals surface area contributed by atoms with Crippen molar-refractivity contribution in [1.82, 2.24) is 14.9 Å². The monoisotopic (exact) mass is 391 g/mol. The number of nitrogens with one attached hydrogen (secondary N) is 1. The molecule has 3 aromatic rings. The number of carboxylic acids is 1. The average Bonchev–Trinajstić information content (AvgIpc) is 3.12. The number of benzene rings is 2. The van der Waals surface area contributed by atoms with Gasteiger partial charge in [0.1, 0.15) is 6.54 Å². The number of hydrogen-bond donors (Lipinski definition) is 2. The molecule has 28 heavy (non-hydrogen) atoms. The summed E-state index contributed by atoms with van der Waals surface area (Å²) in [5.41, 5.74) is 2.29. The van der Waals surface area contributed by atoms with E-state index in [1.807, 2.05) is 49.0 Å². The van der Waals surface area contributed by atoms with Gasteiger partial charge in [-0.1, -0.05) is 42.9 Å². The number of amides is 1. The molecular formula is C19H16BN4O3S. The van der Waals surface area contributed by atoms with Gasteiger partial charge < -0.3 is 15.0 Å². The highest BCUT2D eigenvalue weighted by Crippen LogP contribution is 2.28. The molecule has 2 aromatic carbocycles. The van der Waals surface area contributed by atoms with E-state index < -0.39 is 12.5 Å². The summed E-state index contributed by atoms with van der Waals surface area (Å²) in [6.07, 6.45) is 1.71. The number of aromatic nitrogens is 2. The number of carbonyl (C=O) groups excluding carboxylic acids is 1. The third kappa shape index (κ3) is 4.02. The van der Waals surface area contributed by atoms with Crippen LogP contribution in [0.5, 0.6) is 0 Å². The van der Waals surface area contributed by atoms with Gasteiger partial charge in [0, 0.05) is 17.0 Å². The number of hydrogen-bond acceptors (Lipinski definition) is 5. The Morgan fingerprint density at radius 2 is 2.04 bits per heavy atom. The zero-order valence-corrected chi connectivity index (χ0v) is 15.9. The van der Waals surface area contributed by atoms with Crippen LogP contribution in [0.25, 0.3) is 16.5 Å². The van der Waals surface area contributed by atoms with Crippen LogP contribution in [0.1, 0.15) is 5.56 Å². The number of carboxylic acid groups (broad SMARTS) is 1. The van der Waals surface area contributed by atoms with Crippen LogP contribution < -0.4 is 10.9 Å². The van der Waals surface area contributed by atoms with Crippen molar-refractivity contribution < 1.29 is 14.7 Å². The highest BCUT2D eigenvalue weighted by molar-refractivity contribution is 7.99. The Balaban J connectivity index is 1.98. The molecule has 1 amide bonds. The molecule has 1 heterocycles. The minimum Gasteiger partial charge on any atom is -0.480 e. The van der Waals surface area contributed by atoms with Gasteiger partial charge in [-0.3, -0.25) is 9.59 Å². The molecule has 9 heteroatoms. The summed E-state index contributed by atoms with van der Waals surface area (Å²) in [6.45, 7) is 1.48. The van der Waals surface area contributed by atoms with E-state index in [4.69, 9.17) is 5.11 Å². The number of rotatable bonds is 7. The van der Waals surface area contributed by atoms with Gasteiger partial charge in [-0.2, -0.15) is 5.26 Å². The molecule has 0 aliphatic rings. The van der Waals surface area contributed by atoms with Gasteiger partial charge in [0.15, 0.2) is 12.4 Å². The Bertz CT molecular complexity index is 1090. The number of aliphatic carboxylic acids is 1. The van der Waals surface area contributed by atoms with Crippen LogP contribution in [0, 0.1) is 11.3 Å². The van der Waals surface area contributed by atoms with Crippen molar-refractivity contribution in [2.75, 3.05) is 12.3 Å². The molecule has 0 saturated carbocycles. The second-order valence-corrected chi connectivity index (χ2v) is 6.78. The van der Waals surface area contributed by atoms with Gasteiger partial charge in [-0.15, -0.1) is 0 Å². The molecular weight excluding hydrogens is 375 g/mol. The van der Waals surface area contributed by atoms with E-state index in [1.165, 1.54) is 11.8 Å². The molecule has 1 aromatic heterocycles. The topological polar surface area (TPSA) is 108 Å². The third-order valence-corrected chi connectivity index (χ3v) is 5.04. The first-order valence-electron chi connectivity index (χ1n) is 8.45. The van der Waals surface area contributed by atoms with Crippen molar-refractivity contribution in [3.63, 3.8) is 0 Å². The Morgan fingerprint density at radius 3 is 2.71 bits per heavy atom. The van der Waals surface area contributed by atoms with E-state index in [1.54, 1.807) is 12.3 Å².